The molecule has 0 aromatic carbocycles. The number of hydrogen-bond acceptors (Lipinski definition) is 4. The van der Waals surface area contributed by atoms with Crippen molar-refractivity contribution < 1.29 is 9.53 Å². The van der Waals surface area contributed by atoms with Crippen LogP contribution in [0.1, 0.15) is 60.3 Å². The highest BCUT2D eigenvalue weighted by atomic mass is 16.5. The van der Waals surface area contributed by atoms with E-state index in [0.29, 0.717) is 18.0 Å². The first-order chi connectivity index (χ1) is 9.86. The van der Waals surface area contributed by atoms with Gasteiger partial charge >= 0.3 is 5.97 Å². The van der Waals surface area contributed by atoms with E-state index in [2.05, 4.69) is 44.8 Å². The van der Waals surface area contributed by atoms with Crippen molar-refractivity contribution in [3.8, 4) is 0 Å². The number of methoxy groups -OCH3 is 1. The second-order valence-corrected chi connectivity index (χ2v) is 7.04. The van der Waals surface area contributed by atoms with E-state index in [0.717, 1.165) is 32.4 Å². The minimum atomic E-state index is -0.490. The van der Waals surface area contributed by atoms with Crippen LogP contribution in [-0.2, 0) is 9.53 Å². The Bertz CT molecular complexity index is 327. The van der Waals surface area contributed by atoms with Gasteiger partial charge in [0, 0.05) is 18.6 Å². The summed E-state index contributed by atoms with van der Waals surface area (Å²) in [6.45, 7) is 13.0. The van der Waals surface area contributed by atoms with Gasteiger partial charge in [-0.05, 0) is 52.0 Å². The number of esters is 1. The molecule has 0 saturated heterocycles. The molecule has 0 heterocycles. The summed E-state index contributed by atoms with van der Waals surface area (Å²) in [6.07, 6.45) is 4.00. The van der Waals surface area contributed by atoms with Crippen LogP contribution in [-0.4, -0.2) is 48.7 Å². The SMILES string of the molecule is CCNC1(C(=O)OC)CCCC(N(CC(C)C)C(C)C)C1. The Hall–Kier alpha value is -0.610. The molecule has 2 atom stereocenters. The van der Waals surface area contributed by atoms with Gasteiger partial charge in [0.1, 0.15) is 5.54 Å². The predicted molar refractivity (Wildman–Crippen MR) is 87.4 cm³/mol. The third-order valence-electron chi connectivity index (χ3n) is 4.52. The van der Waals surface area contributed by atoms with Crippen molar-refractivity contribution in [3.05, 3.63) is 0 Å². The number of nitrogens with zero attached hydrogens (tertiary/aromatic N) is 1. The Labute approximate surface area is 130 Å². The highest BCUT2D eigenvalue weighted by molar-refractivity contribution is 5.81. The summed E-state index contributed by atoms with van der Waals surface area (Å²) < 4.78 is 5.10. The standard InChI is InChI=1S/C17H34N2O2/c1-7-18-17(16(20)21-6)10-8-9-15(11-17)19(14(4)5)12-13(2)3/h13-15,18H,7-12H2,1-6H3. The number of hydrogen-bond donors (Lipinski definition) is 1. The van der Waals surface area contributed by atoms with Crippen LogP contribution in [0.5, 0.6) is 0 Å². The van der Waals surface area contributed by atoms with Crippen LogP contribution >= 0.6 is 0 Å². The molecule has 1 aliphatic carbocycles. The molecule has 1 fully saturated rings. The van der Waals surface area contributed by atoms with Gasteiger partial charge < -0.3 is 10.1 Å². The topological polar surface area (TPSA) is 41.6 Å². The molecule has 0 spiro atoms. The molecule has 4 nitrogen and oxygen atoms in total. The number of nitrogens with one attached hydrogen (secondary N) is 1. The normalized spacial score (nSPS) is 26.6. The van der Waals surface area contributed by atoms with E-state index in [4.69, 9.17) is 4.74 Å². The Balaban J connectivity index is 2.91. The first kappa shape index (κ1) is 18.4. The number of carbonyl (C=O) groups is 1. The zero-order valence-corrected chi connectivity index (χ0v) is 14.7. The molecule has 0 radical (unpaired) electrons. The zero-order valence-electron chi connectivity index (χ0n) is 14.7. The van der Waals surface area contributed by atoms with Crippen LogP contribution in [0.2, 0.25) is 0 Å². The minimum Gasteiger partial charge on any atom is -0.468 e. The molecule has 0 amide bonds. The number of ether oxygens (including phenoxy) is 1. The molecular weight excluding hydrogens is 264 g/mol. The first-order valence-electron chi connectivity index (χ1n) is 8.45. The minimum absolute atomic E-state index is 0.0951. The van der Waals surface area contributed by atoms with Crippen molar-refractivity contribution >= 4 is 5.97 Å². The summed E-state index contributed by atoms with van der Waals surface area (Å²) in [4.78, 5) is 14.9. The lowest BCUT2D eigenvalue weighted by Crippen LogP contribution is -2.59. The maximum absolute atomic E-state index is 12.3. The molecular formula is C17H34N2O2. The summed E-state index contributed by atoms with van der Waals surface area (Å²) >= 11 is 0. The molecule has 1 aliphatic rings. The third-order valence-corrected chi connectivity index (χ3v) is 4.52. The Morgan fingerprint density at radius 2 is 2.05 bits per heavy atom. The fraction of sp³-hybridized carbons (Fsp3) is 0.941. The van der Waals surface area contributed by atoms with Gasteiger partial charge in [0.15, 0.2) is 0 Å². The van der Waals surface area contributed by atoms with Crippen LogP contribution in [0.15, 0.2) is 0 Å². The monoisotopic (exact) mass is 298 g/mol. The van der Waals surface area contributed by atoms with Crippen molar-refractivity contribution in [2.45, 2.75) is 77.9 Å². The number of likely N-dealkylation sites (N-methyl/N-ethyl adjacent to an activating group) is 1. The number of rotatable bonds is 7. The molecule has 2 unspecified atom stereocenters. The highest BCUT2D eigenvalue weighted by Gasteiger charge is 2.44. The van der Waals surface area contributed by atoms with E-state index in [9.17, 15) is 4.79 Å². The lowest BCUT2D eigenvalue weighted by molar-refractivity contribution is -0.151. The Morgan fingerprint density at radius 1 is 1.38 bits per heavy atom. The average Bonchev–Trinajstić information content (AvgIpc) is 2.43. The molecule has 21 heavy (non-hydrogen) atoms. The largest absolute Gasteiger partial charge is 0.468 e. The molecule has 4 heteroatoms. The van der Waals surface area contributed by atoms with Gasteiger partial charge in [0.25, 0.3) is 0 Å². The summed E-state index contributed by atoms with van der Waals surface area (Å²) in [5.41, 5.74) is -0.490. The molecule has 1 rings (SSSR count). The van der Waals surface area contributed by atoms with E-state index in [-0.39, 0.29) is 5.97 Å². The van der Waals surface area contributed by atoms with E-state index in [1.807, 2.05) is 0 Å². The van der Waals surface area contributed by atoms with Crippen molar-refractivity contribution in [1.82, 2.24) is 10.2 Å². The first-order valence-corrected chi connectivity index (χ1v) is 8.45. The summed E-state index contributed by atoms with van der Waals surface area (Å²) in [5.74, 6) is 0.545. The number of carbonyl (C=O) groups excluding carboxylic acids is 1. The second-order valence-electron chi connectivity index (χ2n) is 7.04. The lowest BCUT2D eigenvalue weighted by atomic mass is 9.77. The van der Waals surface area contributed by atoms with E-state index < -0.39 is 5.54 Å². The molecule has 0 aliphatic heterocycles. The predicted octanol–water partition coefficient (Wildman–Crippen LogP) is 2.82. The summed E-state index contributed by atoms with van der Waals surface area (Å²) in [7, 11) is 1.50. The third kappa shape index (κ3) is 4.68. The van der Waals surface area contributed by atoms with Gasteiger partial charge in [-0.3, -0.25) is 9.69 Å². The fourth-order valence-corrected chi connectivity index (χ4v) is 3.68. The molecule has 0 aromatic heterocycles. The lowest BCUT2D eigenvalue weighted by Gasteiger charge is -2.45. The van der Waals surface area contributed by atoms with Gasteiger partial charge in [-0.15, -0.1) is 0 Å². The van der Waals surface area contributed by atoms with Crippen molar-refractivity contribution in [2.75, 3.05) is 20.2 Å². The van der Waals surface area contributed by atoms with Gasteiger partial charge in [0.05, 0.1) is 7.11 Å². The van der Waals surface area contributed by atoms with Crippen molar-refractivity contribution in [3.63, 3.8) is 0 Å². The van der Waals surface area contributed by atoms with Crippen LogP contribution in [0.4, 0.5) is 0 Å². The van der Waals surface area contributed by atoms with Crippen LogP contribution < -0.4 is 5.32 Å². The smallest absolute Gasteiger partial charge is 0.326 e. The quantitative estimate of drug-likeness (QED) is 0.734. The molecule has 1 saturated carbocycles. The molecule has 1 N–H and O–H groups in total. The molecule has 0 bridgehead atoms. The maximum atomic E-state index is 12.3. The Kier molecular flexibility index (Phi) is 7.14. The van der Waals surface area contributed by atoms with Crippen molar-refractivity contribution in [1.29, 1.82) is 0 Å². The fourth-order valence-electron chi connectivity index (χ4n) is 3.68. The zero-order chi connectivity index (χ0) is 16.0. The van der Waals surface area contributed by atoms with Gasteiger partial charge in [-0.25, -0.2) is 0 Å². The molecule has 124 valence electrons. The van der Waals surface area contributed by atoms with Crippen molar-refractivity contribution in [2.24, 2.45) is 5.92 Å². The van der Waals surface area contributed by atoms with Crippen LogP contribution in [0.25, 0.3) is 0 Å². The Morgan fingerprint density at radius 3 is 2.52 bits per heavy atom. The highest BCUT2D eigenvalue weighted by Crippen LogP contribution is 2.33. The van der Waals surface area contributed by atoms with E-state index >= 15 is 0 Å². The van der Waals surface area contributed by atoms with Gasteiger partial charge in [-0.1, -0.05) is 20.8 Å². The average molecular weight is 298 g/mol. The van der Waals surface area contributed by atoms with E-state index in [1.165, 1.54) is 13.5 Å². The van der Waals surface area contributed by atoms with Crippen LogP contribution in [0, 0.1) is 5.92 Å². The second kappa shape index (κ2) is 8.14. The van der Waals surface area contributed by atoms with Gasteiger partial charge in [-0.2, -0.15) is 0 Å². The van der Waals surface area contributed by atoms with E-state index in [1.54, 1.807) is 0 Å². The maximum Gasteiger partial charge on any atom is 0.326 e. The van der Waals surface area contributed by atoms with Crippen LogP contribution in [0.3, 0.4) is 0 Å². The molecule has 0 aromatic rings. The van der Waals surface area contributed by atoms with Gasteiger partial charge in [0.2, 0.25) is 0 Å². The summed E-state index contributed by atoms with van der Waals surface area (Å²) in [5, 5.41) is 3.42. The summed E-state index contributed by atoms with van der Waals surface area (Å²) in [6, 6.07) is 0.965.